The number of aryl methyl sites for hydroxylation is 1. The van der Waals surface area contributed by atoms with Crippen LogP contribution in [0.1, 0.15) is 60.5 Å². The van der Waals surface area contributed by atoms with E-state index in [0.29, 0.717) is 29.8 Å². The lowest BCUT2D eigenvalue weighted by atomic mass is 9.69. The third-order valence-corrected chi connectivity index (χ3v) is 5.94. The Morgan fingerprint density at radius 3 is 2.50 bits per heavy atom. The molecule has 0 fully saturated rings. The molecule has 1 aliphatic heterocycles. The van der Waals surface area contributed by atoms with Crippen LogP contribution in [0.15, 0.2) is 59.8 Å². The Labute approximate surface area is 176 Å². The molecular formula is C25H25NO4. The number of amides is 1. The molecule has 0 spiro atoms. The van der Waals surface area contributed by atoms with Gasteiger partial charge < -0.3 is 5.11 Å². The number of benzene rings is 2. The molecule has 1 unspecified atom stereocenters. The summed E-state index contributed by atoms with van der Waals surface area (Å²) in [7, 11) is 0. The maximum absolute atomic E-state index is 13.4. The van der Waals surface area contributed by atoms with Crippen molar-refractivity contribution in [2.24, 2.45) is 5.41 Å². The van der Waals surface area contributed by atoms with E-state index >= 15 is 0 Å². The molecule has 0 saturated heterocycles. The van der Waals surface area contributed by atoms with Gasteiger partial charge in [-0.3, -0.25) is 14.5 Å². The van der Waals surface area contributed by atoms with Crippen LogP contribution in [0.3, 0.4) is 0 Å². The predicted octanol–water partition coefficient (Wildman–Crippen LogP) is 4.86. The average Bonchev–Trinajstić information content (AvgIpc) is 2.66. The summed E-state index contributed by atoms with van der Waals surface area (Å²) < 4.78 is 0. The van der Waals surface area contributed by atoms with Crippen molar-refractivity contribution in [2.45, 2.75) is 46.0 Å². The molecule has 2 aromatic carbocycles. The topological polar surface area (TPSA) is 74.7 Å². The van der Waals surface area contributed by atoms with Gasteiger partial charge in [0.05, 0.1) is 5.56 Å². The van der Waals surface area contributed by atoms with Gasteiger partial charge in [-0.1, -0.05) is 49.7 Å². The van der Waals surface area contributed by atoms with E-state index in [1.165, 1.54) is 12.1 Å². The number of nitrogens with zero attached hydrogens (tertiary/aromatic N) is 1. The normalized spacial score (nSPS) is 20.9. The zero-order valence-corrected chi connectivity index (χ0v) is 17.4. The minimum atomic E-state index is -1.05. The summed E-state index contributed by atoms with van der Waals surface area (Å²) in [4.78, 5) is 39.7. The molecule has 1 N–H and O–H groups in total. The summed E-state index contributed by atoms with van der Waals surface area (Å²) in [6, 6.07) is 14.3. The second-order valence-electron chi connectivity index (χ2n) is 9.06. The fourth-order valence-electron chi connectivity index (χ4n) is 4.66. The van der Waals surface area contributed by atoms with Crippen molar-refractivity contribution >= 4 is 23.3 Å². The first-order chi connectivity index (χ1) is 14.2. The average molecular weight is 403 g/mol. The van der Waals surface area contributed by atoms with E-state index in [0.717, 1.165) is 11.1 Å². The first kappa shape index (κ1) is 20.1. The molecule has 2 aliphatic rings. The molecule has 0 bridgehead atoms. The molecule has 5 heteroatoms. The van der Waals surface area contributed by atoms with Crippen LogP contribution >= 0.6 is 0 Å². The SMILES string of the molecule is Cc1cccc(C2CC(=O)N(c3cccc(C(=O)O)c3)C3=C2C(=O)CC(C)(C)C3)c1. The van der Waals surface area contributed by atoms with Gasteiger partial charge in [0.1, 0.15) is 0 Å². The summed E-state index contributed by atoms with van der Waals surface area (Å²) in [5.74, 6) is -1.36. The predicted molar refractivity (Wildman–Crippen MR) is 114 cm³/mol. The zero-order valence-electron chi connectivity index (χ0n) is 17.4. The molecule has 1 aliphatic carbocycles. The maximum Gasteiger partial charge on any atom is 0.335 e. The van der Waals surface area contributed by atoms with Crippen LogP contribution in [-0.4, -0.2) is 22.8 Å². The van der Waals surface area contributed by atoms with Crippen molar-refractivity contribution in [3.05, 3.63) is 76.5 Å². The fraction of sp³-hybridized carbons (Fsp3) is 0.320. The fourth-order valence-corrected chi connectivity index (χ4v) is 4.66. The monoisotopic (exact) mass is 403 g/mol. The largest absolute Gasteiger partial charge is 0.478 e. The molecular weight excluding hydrogens is 378 g/mol. The number of ketones is 1. The molecule has 4 rings (SSSR count). The molecule has 1 heterocycles. The third-order valence-electron chi connectivity index (χ3n) is 5.94. The van der Waals surface area contributed by atoms with Gasteiger partial charge >= 0.3 is 5.97 Å². The van der Waals surface area contributed by atoms with Crippen LogP contribution in [0.25, 0.3) is 0 Å². The first-order valence-corrected chi connectivity index (χ1v) is 10.2. The van der Waals surface area contributed by atoms with E-state index in [9.17, 15) is 19.5 Å². The van der Waals surface area contributed by atoms with E-state index in [-0.39, 0.29) is 35.0 Å². The van der Waals surface area contributed by atoms with Crippen molar-refractivity contribution < 1.29 is 19.5 Å². The van der Waals surface area contributed by atoms with Crippen molar-refractivity contribution in [3.8, 4) is 0 Å². The Morgan fingerprint density at radius 2 is 1.80 bits per heavy atom. The lowest BCUT2D eigenvalue weighted by Crippen LogP contribution is -2.43. The van der Waals surface area contributed by atoms with Crippen LogP contribution in [0.5, 0.6) is 0 Å². The summed E-state index contributed by atoms with van der Waals surface area (Å²) in [6.45, 7) is 6.06. The number of carboxylic acid groups (broad SMARTS) is 1. The highest BCUT2D eigenvalue weighted by atomic mass is 16.4. The lowest BCUT2D eigenvalue weighted by molar-refractivity contribution is -0.121. The number of carbonyl (C=O) groups excluding carboxylic acids is 2. The lowest BCUT2D eigenvalue weighted by Gasteiger charge is -2.43. The maximum atomic E-state index is 13.4. The van der Waals surface area contributed by atoms with E-state index in [1.54, 1.807) is 17.0 Å². The summed E-state index contributed by atoms with van der Waals surface area (Å²) in [5.41, 5.74) is 3.81. The van der Waals surface area contributed by atoms with E-state index in [1.807, 2.05) is 45.0 Å². The van der Waals surface area contributed by atoms with Gasteiger partial charge in [-0.25, -0.2) is 4.79 Å². The number of hydrogen-bond donors (Lipinski definition) is 1. The van der Waals surface area contributed by atoms with Gasteiger partial charge in [-0.05, 0) is 42.5 Å². The molecule has 1 amide bonds. The molecule has 2 aromatic rings. The van der Waals surface area contributed by atoms with Crippen molar-refractivity contribution in [3.63, 3.8) is 0 Å². The van der Waals surface area contributed by atoms with Crippen LogP contribution in [0.2, 0.25) is 0 Å². The number of allylic oxidation sites excluding steroid dienone is 2. The molecule has 1 atom stereocenters. The van der Waals surface area contributed by atoms with Gasteiger partial charge in [0, 0.05) is 35.7 Å². The number of hydrogen-bond acceptors (Lipinski definition) is 3. The van der Waals surface area contributed by atoms with Gasteiger partial charge in [-0.2, -0.15) is 0 Å². The summed E-state index contributed by atoms with van der Waals surface area (Å²) in [5, 5.41) is 9.38. The summed E-state index contributed by atoms with van der Waals surface area (Å²) >= 11 is 0. The Kier molecular flexibility index (Phi) is 4.85. The standard InChI is InChI=1S/C25H25NO4/c1-15-6-4-7-16(10-15)19-12-22(28)26(18-9-5-8-17(11-18)24(29)30)20-13-25(2,3)14-21(27)23(19)20/h4-11,19H,12-14H2,1-3H3,(H,29,30). The number of anilines is 1. The smallest absolute Gasteiger partial charge is 0.335 e. The molecule has 0 radical (unpaired) electrons. The first-order valence-electron chi connectivity index (χ1n) is 10.2. The Hall–Kier alpha value is -3.21. The molecule has 154 valence electrons. The van der Waals surface area contributed by atoms with Crippen LogP contribution in [0.4, 0.5) is 5.69 Å². The zero-order chi connectivity index (χ0) is 21.6. The van der Waals surface area contributed by atoms with Gasteiger partial charge in [0.15, 0.2) is 5.78 Å². The van der Waals surface area contributed by atoms with Gasteiger partial charge in [0.2, 0.25) is 5.91 Å². The van der Waals surface area contributed by atoms with E-state index < -0.39 is 5.97 Å². The van der Waals surface area contributed by atoms with Crippen LogP contribution in [-0.2, 0) is 9.59 Å². The quantitative estimate of drug-likeness (QED) is 0.794. The van der Waals surface area contributed by atoms with E-state index in [2.05, 4.69) is 0 Å². The van der Waals surface area contributed by atoms with Gasteiger partial charge in [-0.15, -0.1) is 0 Å². The minimum absolute atomic E-state index is 0.0691. The Balaban J connectivity index is 1.90. The highest BCUT2D eigenvalue weighted by molar-refractivity contribution is 6.08. The van der Waals surface area contributed by atoms with Crippen LogP contribution in [0, 0.1) is 12.3 Å². The second kappa shape index (κ2) is 7.24. The van der Waals surface area contributed by atoms with Crippen molar-refractivity contribution in [1.82, 2.24) is 0 Å². The van der Waals surface area contributed by atoms with Gasteiger partial charge in [0.25, 0.3) is 0 Å². The Bertz CT molecular complexity index is 1100. The summed E-state index contributed by atoms with van der Waals surface area (Å²) in [6.07, 6.45) is 1.20. The number of carboxylic acids is 1. The highest BCUT2D eigenvalue weighted by Gasteiger charge is 2.44. The third kappa shape index (κ3) is 3.56. The second-order valence-corrected chi connectivity index (χ2v) is 9.06. The number of carbonyl (C=O) groups is 3. The number of rotatable bonds is 3. The van der Waals surface area contributed by atoms with E-state index in [4.69, 9.17) is 0 Å². The Morgan fingerprint density at radius 1 is 1.07 bits per heavy atom. The number of aromatic carboxylic acids is 1. The van der Waals surface area contributed by atoms with Crippen LogP contribution < -0.4 is 4.90 Å². The highest BCUT2D eigenvalue weighted by Crippen LogP contribution is 2.48. The molecule has 0 saturated carbocycles. The van der Waals surface area contributed by atoms with Crippen molar-refractivity contribution in [1.29, 1.82) is 0 Å². The minimum Gasteiger partial charge on any atom is -0.478 e. The van der Waals surface area contributed by atoms with Crippen molar-refractivity contribution in [2.75, 3.05) is 4.90 Å². The number of Topliss-reactive ketones (excluding diaryl/α,β-unsaturated/α-hetero) is 1. The molecule has 30 heavy (non-hydrogen) atoms. The molecule has 0 aromatic heterocycles. The molecule has 5 nitrogen and oxygen atoms in total.